The standard InChI is InChI=1S/C35H53N5O6S/c1-7-12-27(32(42)40-31(24(4)5)34(44)37-20-25-13-9-8-10-14-25)18-30(41)28(17-23(2)3)38-33(43)29(22-47-6)39-35(45)46-21-26-15-11-16-36-19-26/h8-11,13-16,19,23-24,27-31,41H,7,12,17-18,20-22H2,1-6H3,(H,37,44)(H,38,43)(H,39,45)(H,40,42)/t27-,28+,29+,30+,31+/m1/s1. The molecule has 5 N–H and O–H groups in total. The van der Waals surface area contributed by atoms with E-state index < -0.39 is 42.1 Å². The summed E-state index contributed by atoms with van der Waals surface area (Å²) >= 11 is 1.39. The third kappa shape index (κ3) is 14.8. The van der Waals surface area contributed by atoms with E-state index in [4.69, 9.17) is 4.74 Å². The van der Waals surface area contributed by atoms with Gasteiger partial charge in [-0.25, -0.2) is 4.79 Å². The number of benzene rings is 1. The molecule has 0 fully saturated rings. The summed E-state index contributed by atoms with van der Waals surface area (Å²) in [6.07, 6.45) is 5.01. The van der Waals surface area contributed by atoms with E-state index in [9.17, 15) is 24.3 Å². The second-order valence-electron chi connectivity index (χ2n) is 12.6. The number of nitrogens with one attached hydrogen (secondary N) is 4. The van der Waals surface area contributed by atoms with Crippen molar-refractivity contribution in [2.24, 2.45) is 17.8 Å². The minimum absolute atomic E-state index is 0.00913. The van der Waals surface area contributed by atoms with Crippen LogP contribution < -0.4 is 21.3 Å². The summed E-state index contributed by atoms with van der Waals surface area (Å²) in [5, 5.41) is 22.8. The van der Waals surface area contributed by atoms with Crippen molar-refractivity contribution in [2.45, 2.75) is 97.7 Å². The number of aliphatic hydroxyl groups is 1. The molecule has 11 nitrogen and oxygen atoms in total. The molecule has 0 radical (unpaired) electrons. The largest absolute Gasteiger partial charge is 0.445 e. The van der Waals surface area contributed by atoms with Crippen LogP contribution in [-0.2, 0) is 32.3 Å². The summed E-state index contributed by atoms with van der Waals surface area (Å²) in [5.41, 5.74) is 1.67. The van der Waals surface area contributed by atoms with Crippen LogP contribution in [0.15, 0.2) is 54.9 Å². The van der Waals surface area contributed by atoms with Gasteiger partial charge in [0.15, 0.2) is 0 Å². The van der Waals surface area contributed by atoms with E-state index in [-0.39, 0.29) is 36.7 Å². The van der Waals surface area contributed by atoms with Crippen LogP contribution in [0.5, 0.6) is 0 Å². The van der Waals surface area contributed by atoms with Gasteiger partial charge >= 0.3 is 6.09 Å². The molecular weight excluding hydrogens is 618 g/mol. The molecule has 12 heteroatoms. The number of ether oxygens (including phenoxy) is 1. The topological polar surface area (TPSA) is 159 Å². The van der Waals surface area contributed by atoms with E-state index in [0.29, 0.717) is 37.1 Å². The predicted octanol–water partition coefficient (Wildman–Crippen LogP) is 4.19. The molecular formula is C35H53N5O6S. The average molecular weight is 672 g/mol. The molecule has 0 aliphatic carbocycles. The number of carbonyl (C=O) groups excluding carboxylic acids is 4. The first kappa shape index (κ1) is 39.5. The fraction of sp³-hybridized carbons (Fsp3) is 0.571. The normalized spacial score (nSPS) is 14.4. The SMILES string of the molecule is CCC[C@H](C[C@H](O)[C@H](CC(C)C)NC(=O)[C@H](CSC)NC(=O)OCc1cccnc1)C(=O)N[C@H](C(=O)NCc1ccccc1)C(C)C. The van der Waals surface area contributed by atoms with Crippen molar-refractivity contribution in [1.82, 2.24) is 26.3 Å². The molecule has 1 aromatic carbocycles. The van der Waals surface area contributed by atoms with Gasteiger partial charge in [-0.1, -0.05) is 77.4 Å². The summed E-state index contributed by atoms with van der Waals surface area (Å²) < 4.78 is 5.28. The summed E-state index contributed by atoms with van der Waals surface area (Å²) in [7, 11) is 0. The number of aliphatic hydroxyl groups excluding tert-OH is 1. The molecule has 2 aromatic rings. The zero-order valence-electron chi connectivity index (χ0n) is 28.5. The van der Waals surface area contributed by atoms with E-state index >= 15 is 0 Å². The van der Waals surface area contributed by atoms with Crippen molar-refractivity contribution in [3.05, 3.63) is 66.0 Å². The third-order valence-electron chi connectivity index (χ3n) is 7.64. The van der Waals surface area contributed by atoms with Crippen LogP contribution in [0.4, 0.5) is 4.79 Å². The lowest BCUT2D eigenvalue weighted by Crippen LogP contribution is -2.55. The van der Waals surface area contributed by atoms with Gasteiger partial charge in [0.05, 0.1) is 12.1 Å². The third-order valence-corrected chi connectivity index (χ3v) is 8.31. The molecule has 0 unspecified atom stereocenters. The van der Waals surface area contributed by atoms with Crippen LogP contribution in [0.2, 0.25) is 0 Å². The van der Waals surface area contributed by atoms with Gasteiger partial charge < -0.3 is 31.1 Å². The summed E-state index contributed by atoms with van der Waals surface area (Å²) in [5.74, 6) is -1.35. The maximum Gasteiger partial charge on any atom is 0.408 e. The molecule has 2 rings (SSSR count). The molecule has 0 aliphatic heterocycles. The molecule has 47 heavy (non-hydrogen) atoms. The molecule has 1 heterocycles. The highest BCUT2D eigenvalue weighted by molar-refractivity contribution is 7.98. The highest BCUT2D eigenvalue weighted by atomic mass is 32.2. The first-order chi connectivity index (χ1) is 22.4. The number of thioether (sulfide) groups is 1. The minimum atomic E-state index is -1.04. The van der Waals surface area contributed by atoms with Crippen LogP contribution >= 0.6 is 11.8 Å². The maximum atomic E-state index is 13.6. The number of pyridine rings is 1. The lowest BCUT2D eigenvalue weighted by atomic mass is 9.88. The Morgan fingerprint density at radius 2 is 1.60 bits per heavy atom. The van der Waals surface area contributed by atoms with Crippen LogP contribution in [0.25, 0.3) is 0 Å². The fourth-order valence-electron chi connectivity index (χ4n) is 5.13. The van der Waals surface area contributed by atoms with Crippen molar-refractivity contribution >= 4 is 35.6 Å². The van der Waals surface area contributed by atoms with Gasteiger partial charge in [0.25, 0.3) is 0 Å². The summed E-state index contributed by atoms with van der Waals surface area (Å²) in [6.45, 7) is 10.0. The van der Waals surface area contributed by atoms with Crippen LogP contribution in [-0.4, -0.2) is 70.1 Å². The Balaban J connectivity index is 2.07. The number of amides is 4. The van der Waals surface area contributed by atoms with Crippen LogP contribution in [0.3, 0.4) is 0 Å². The first-order valence-corrected chi connectivity index (χ1v) is 17.8. The number of nitrogens with zero attached hydrogens (tertiary/aromatic N) is 1. The van der Waals surface area contributed by atoms with Crippen molar-refractivity contribution in [3.63, 3.8) is 0 Å². The van der Waals surface area contributed by atoms with Gasteiger partial charge in [0, 0.05) is 36.2 Å². The first-order valence-electron chi connectivity index (χ1n) is 16.4. The van der Waals surface area contributed by atoms with Gasteiger partial charge in [0.1, 0.15) is 18.7 Å². The Hall–Kier alpha value is -3.64. The molecule has 5 atom stereocenters. The molecule has 260 valence electrons. The van der Waals surface area contributed by atoms with E-state index in [1.165, 1.54) is 11.8 Å². The van der Waals surface area contributed by atoms with Crippen molar-refractivity contribution in [2.75, 3.05) is 12.0 Å². The second-order valence-corrected chi connectivity index (χ2v) is 13.5. The maximum absolute atomic E-state index is 13.6. The number of carbonyl (C=O) groups is 4. The van der Waals surface area contributed by atoms with E-state index in [1.54, 1.807) is 24.5 Å². The lowest BCUT2D eigenvalue weighted by Gasteiger charge is -2.31. The molecule has 4 amide bonds. The Morgan fingerprint density at radius 3 is 2.19 bits per heavy atom. The lowest BCUT2D eigenvalue weighted by molar-refractivity contribution is -0.133. The Bertz CT molecular complexity index is 1230. The van der Waals surface area contributed by atoms with E-state index in [0.717, 1.165) is 5.56 Å². The van der Waals surface area contributed by atoms with Crippen molar-refractivity contribution in [1.29, 1.82) is 0 Å². The number of hydrogen-bond donors (Lipinski definition) is 5. The predicted molar refractivity (Wildman–Crippen MR) is 185 cm³/mol. The van der Waals surface area contributed by atoms with Gasteiger partial charge in [0.2, 0.25) is 17.7 Å². The van der Waals surface area contributed by atoms with Crippen molar-refractivity contribution < 1.29 is 29.0 Å². The smallest absolute Gasteiger partial charge is 0.408 e. The van der Waals surface area contributed by atoms with E-state index in [1.807, 2.05) is 71.2 Å². The number of rotatable bonds is 20. The quantitative estimate of drug-likeness (QED) is 0.140. The van der Waals surface area contributed by atoms with E-state index in [2.05, 4.69) is 26.3 Å². The van der Waals surface area contributed by atoms with Crippen molar-refractivity contribution in [3.8, 4) is 0 Å². The molecule has 1 aromatic heterocycles. The second kappa shape index (κ2) is 21.3. The van der Waals surface area contributed by atoms with Crippen LogP contribution in [0.1, 0.15) is 71.4 Å². The molecule has 0 bridgehead atoms. The minimum Gasteiger partial charge on any atom is -0.445 e. The highest BCUT2D eigenvalue weighted by Gasteiger charge is 2.33. The van der Waals surface area contributed by atoms with Gasteiger partial charge in [-0.3, -0.25) is 19.4 Å². The molecule has 0 saturated heterocycles. The average Bonchev–Trinajstić information content (AvgIpc) is 3.04. The summed E-state index contributed by atoms with van der Waals surface area (Å²) in [6, 6.07) is 10.8. The van der Waals surface area contributed by atoms with Crippen LogP contribution in [0, 0.1) is 17.8 Å². The Labute approximate surface area is 283 Å². The van der Waals surface area contributed by atoms with Gasteiger partial charge in [-0.15, -0.1) is 0 Å². The number of hydrogen-bond acceptors (Lipinski definition) is 8. The molecule has 0 saturated carbocycles. The Morgan fingerprint density at radius 1 is 0.894 bits per heavy atom. The van der Waals surface area contributed by atoms with Gasteiger partial charge in [-0.05, 0) is 49.0 Å². The van der Waals surface area contributed by atoms with Gasteiger partial charge in [-0.2, -0.15) is 11.8 Å². The summed E-state index contributed by atoms with van der Waals surface area (Å²) in [4.78, 5) is 56.6. The number of aromatic nitrogens is 1. The zero-order valence-corrected chi connectivity index (χ0v) is 29.3. The fourth-order valence-corrected chi connectivity index (χ4v) is 5.70. The highest BCUT2D eigenvalue weighted by Crippen LogP contribution is 2.20. The number of alkyl carbamates (subject to hydrolysis) is 1. The molecule has 0 aliphatic rings. The molecule has 0 spiro atoms. The monoisotopic (exact) mass is 671 g/mol. The Kier molecular flexibility index (Phi) is 17.9. The zero-order chi connectivity index (χ0) is 34.8.